The first kappa shape index (κ1) is 9.33. The largest absolute Gasteiger partial charge is 0.494 e. The molecule has 0 fully saturated rings. The summed E-state index contributed by atoms with van der Waals surface area (Å²) in [6.07, 6.45) is 2.81. The van der Waals surface area contributed by atoms with Crippen LogP contribution in [-0.4, -0.2) is 6.61 Å². The average Bonchev–Trinajstić information content (AvgIpc) is 2.04. The van der Waals surface area contributed by atoms with E-state index in [-0.39, 0.29) is 0 Å². The highest BCUT2D eigenvalue weighted by Gasteiger charge is 1.96. The Bertz CT molecular complexity index is 281. The van der Waals surface area contributed by atoms with Crippen molar-refractivity contribution in [1.82, 2.24) is 0 Å². The summed E-state index contributed by atoms with van der Waals surface area (Å²) in [6, 6.07) is 5.76. The molecule has 0 heterocycles. The number of hydrogen-bond donors (Lipinski definition) is 0. The number of halogens is 1. The Morgan fingerprint density at radius 2 is 2.25 bits per heavy atom. The molecule has 0 aliphatic rings. The maximum atomic E-state index is 5.33. The predicted molar refractivity (Wildman–Crippen MR) is 53.3 cm³/mol. The summed E-state index contributed by atoms with van der Waals surface area (Å²) in [5.41, 5.74) is 0.938. The van der Waals surface area contributed by atoms with Crippen LogP contribution in [0.5, 0.6) is 5.75 Å². The lowest BCUT2D eigenvalue weighted by molar-refractivity contribution is 0.340. The number of rotatable bonds is 3. The molecular formula is C10H10BrO. The summed E-state index contributed by atoms with van der Waals surface area (Å²) in [5, 5.41) is 0. The van der Waals surface area contributed by atoms with Crippen molar-refractivity contribution in [1.29, 1.82) is 0 Å². The molecule has 1 aromatic rings. The molecule has 0 N–H and O–H groups in total. The molecule has 0 bridgehead atoms. The molecule has 0 aliphatic heterocycles. The lowest BCUT2D eigenvalue weighted by Crippen LogP contribution is -1.91. The van der Waals surface area contributed by atoms with E-state index in [1.54, 1.807) is 0 Å². The van der Waals surface area contributed by atoms with Gasteiger partial charge in [0.2, 0.25) is 0 Å². The zero-order chi connectivity index (χ0) is 8.97. The van der Waals surface area contributed by atoms with E-state index in [2.05, 4.69) is 28.6 Å². The van der Waals surface area contributed by atoms with Crippen LogP contribution >= 0.6 is 15.9 Å². The van der Waals surface area contributed by atoms with E-state index < -0.39 is 0 Å². The van der Waals surface area contributed by atoms with Crippen molar-refractivity contribution < 1.29 is 4.74 Å². The van der Waals surface area contributed by atoms with Gasteiger partial charge in [-0.1, -0.05) is 22.5 Å². The SMILES string of the molecule is C=[C]c1cc(Br)cc(OCC)c1. The molecule has 1 nitrogen and oxygen atoms in total. The van der Waals surface area contributed by atoms with Crippen molar-refractivity contribution >= 4 is 15.9 Å². The second-order valence-electron chi connectivity index (χ2n) is 2.29. The van der Waals surface area contributed by atoms with Crippen LogP contribution in [0.4, 0.5) is 0 Å². The molecular weight excluding hydrogens is 216 g/mol. The second-order valence-corrected chi connectivity index (χ2v) is 3.20. The Morgan fingerprint density at radius 3 is 2.83 bits per heavy atom. The van der Waals surface area contributed by atoms with Gasteiger partial charge in [0, 0.05) is 4.47 Å². The Labute approximate surface area is 81.2 Å². The van der Waals surface area contributed by atoms with Crippen molar-refractivity contribution in [2.24, 2.45) is 0 Å². The van der Waals surface area contributed by atoms with Gasteiger partial charge in [0.25, 0.3) is 0 Å². The van der Waals surface area contributed by atoms with Crippen molar-refractivity contribution in [3.8, 4) is 5.75 Å². The van der Waals surface area contributed by atoms with E-state index in [0.29, 0.717) is 6.61 Å². The molecule has 63 valence electrons. The van der Waals surface area contributed by atoms with Gasteiger partial charge >= 0.3 is 0 Å². The van der Waals surface area contributed by atoms with E-state index in [0.717, 1.165) is 15.8 Å². The van der Waals surface area contributed by atoms with Crippen LogP contribution in [0.25, 0.3) is 0 Å². The first-order valence-corrected chi connectivity index (χ1v) is 4.52. The molecule has 1 rings (SSSR count). The first-order valence-electron chi connectivity index (χ1n) is 3.72. The molecule has 0 spiro atoms. The second kappa shape index (κ2) is 4.31. The molecule has 0 atom stereocenters. The Balaban J connectivity index is 2.97. The summed E-state index contributed by atoms with van der Waals surface area (Å²) in [7, 11) is 0. The lowest BCUT2D eigenvalue weighted by atomic mass is 10.2. The van der Waals surface area contributed by atoms with Crippen molar-refractivity contribution in [2.75, 3.05) is 6.61 Å². The van der Waals surface area contributed by atoms with E-state index in [4.69, 9.17) is 4.74 Å². The maximum Gasteiger partial charge on any atom is 0.121 e. The minimum Gasteiger partial charge on any atom is -0.494 e. The third-order valence-electron chi connectivity index (χ3n) is 1.39. The summed E-state index contributed by atoms with van der Waals surface area (Å²) in [5.74, 6) is 0.845. The molecule has 0 unspecified atom stereocenters. The molecule has 0 saturated heterocycles. The minimum atomic E-state index is 0.674. The Kier molecular flexibility index (Phi) is 3.35. The van der Waals surface area contributed by atoms with Gasteiger partial charge in [-0.3, -0.25) is 0 Å². The maximum absolute atomic E-state index is 5.33. The highest BCUT2D eigenvalue weighted by Crippen LogP contribution is 2.21. The fraction of sp³-hybridized carbons (Fsp3) is 0.200. The van der Waals surface area contributed by atoms with Gasteiger partial charge < -0.3 is 4.74 Å². The Morgan fingerprint density at radius 1 is 1.50 bits per heavy atom. The Hall–Kier alpha value is -0.760. The van der Waals surface area contributed by atoms with Crippen LogP contribution in [0, 0.1) is 6.08 Å². The van der Waals surface area contributed by atoms with Gasteiger partial charge in [0.15, 0.2) is 0 Å². The molecule has 0 saturated carbocycles. The van der Waals surface area contributed by atoms with Gasteiger partial charge in [-0.25, -0.2) is 0 Å². The molecule has 2 heteroatoms. The third-order valence-corrected chi connectivity index (χ3v) is 1.84. The van der Waals surface area contributed by atoms with Crippen LogP contribution in [0.3, 0.4) is 0 Å². The zero-order valence-electron chi connectivity index (χ0n) is 6.93. The molecule has 12 heavy (non-hydrogen) atoms. The van der Waals surface area contributed by atoms with E-state index in [1.807, 2.05) is 25.1 Å². The van der Waals surface area contributed by atoms with Crippen LogP contribution in [0.1, 0.15) is 12.5 Å². The number of hydrogen-bond acceptors (Lipinski definition) is 1. The fourth-order valence-corrected chi connectivity index (χ4v) is 1.39. The van der Waals surface area contributed by atoms with Gasteiger partial charge in [-0.15, -0.1) is 0 Å². The van der Waals surface area contributed by atoms with Crippen LogP contribution in [0.15, 0.2) is 29.3 Å². The number of ether oxygens (including phenoxy) is 1. The topological polar surface area (TPSA) is 9.23 Å². The summed E-state index contributed by atoms with van der Waals surface area (Å²) < 4.78 is 6.32. The van der Waals surface area contributed by atoms with Gasteiger partial charge in [-0.2, -0.15) is 0 Å². The predicted octanol–water partition coefficient (Wildman–Crippen LogP) is 3.19. The van der Waals surface area contributed by atoms with Gasteiger partial charge in [0.05, 0.1) is 6.61 Å². The summed E-state index contributed by atoms with van der Waals surface area (Å²) in [4.78, 5) is 0. The number of benzene rings is 1. The monoisotopic (exact) mass is 225 g/mol. The standard InChI is InChI=1S/C10H10BrO/c1-3-8-5-9(11)7-10(6-8)12-4-2/h5-7H,1,4H2,2H3. The highest BCUT2D eigenvalue weighted by molar-refractivity contribution is 9.10. The lowest BCUT2D eigenvalue weighted by Gasteiger charge is -2.04. The smallest absolute Gasteiger partial charge is 0.121 e. The van der Waals surface area contributed by atoms with Gasteiger partial charge in [-0.05, 0) is 36.8 Å². The average molecular weight is 226 g/mol. The third kappa shape index (κ3) is 2.38. The first-order chi connectivity index (χ1) is 5.76. The van der Waals surface area contributed by atoms with Crippen molar-refractivity contribution in [3.63, 3.8) is 0 Å². The highest BCUT2D eigenvalue weighted by atomic mass is 79.9. The van der Waals surface area contributed by atoms with Crippen LogP contribution < -0.4 is 4.74 Å². The molecule has 1 radical (unpaired) electrons. The normalized spacial score (nSPS) is 9.50. The summed E-state index contributed by atoms with van der Waals surface area (Å²) in [6.45, 7) is 6.20. The fourth-order valence-electron chi connectivity index (χ4n) is 0.915. The van der Waals surface area contributed by atoms with E-state index in [1.165, 1.54) is 0 Å². The zero-order valence-corrected chi connectivity index (χ0v) is 8.52. The van der Waals surface area contributed by atoms with Crippen molar-refractivity contribution in [2.45, 2.75) is 6.92 Å². The molecule has 1 aromatic carbocycles. The van der Waals surface area contributed by atoms with Crippen LogP contribution in [0.2, 0.25) is 0 Å². The molecule has 0 aliphatic carbocycles. The summed E-state index contributed by atoms with van der Waals surface area (Å²) >= 11 is 3.38. The van der Waals surface area contributed by atoms with Gasteiger partial charge in [0.1, 0.15) is 5.75 Å². The van der Waals surface area contributed by atoms with Crippen molar-refractivity contribution in [3.05, 3.63) is 40.9 Å². The van der Waals surface area contributed by atoms with Crippen LogP contribution in [-0.2, 0) is 0 Å². The van der Waals surface area contributed by atoms with E-state index in [9.17, 15) is 0 Å². The molecule has 0 aromatic heterocycles. The van der Waals surface area contributed by atoms with E-state index >= 15 is 0 Å². The molecule has 0 amide bonds. The quantitative estimate of drug-likeness (QED) is 0.768. The minimum absolute atomic E-state index is 0.674.